The molecule has 3 heterocycles. The highest BCUT2D eigenvalue weighted by Crippen LogP contribution is 2.54. The van der Waals surface area contributed by atoms with Crippen molar-refractivity contribution in [2.45, 2.75) is 20.3 Å². The van der Waals surface area contributed by atoms with E-state index in [9.17, 15) is 14.7 Å². The number of nitrogens with zero attached hydrogens (tertiary/aromatic N) is 3. The number of hydrogen-bond donors (Lipinski definition) is 1. The number of aliphatic hydroxyl groups is 1. The minimum absolute atomic E-state index is 0.0130. The number of carbonyl (C=O) groups is 2. The van der Waals surface area contributed by atoms with E-state index in [1.165, 1.54) is 11.3 Å². The van der Waals surface area contributed by atoms with E-state index in [2.05, 4.69) is 18.8 Å². The number of amides is 2. The molecule has 2 atom stereocenters. The van der Waals surface area contributed by atoms with Crippen LogP contribution in [0.1, 0.15) is 29.9 Å². The first-order chi connectivity index (χ1) is 11.4. The molecule has 6 nitrogen and oxygen atoms in total. The zero-order valence-corrected chi connectivity index (χ0v) is 14.9. The van der Waals surface area contributed by atoms with Gasteiger partial charge in [0.1, 0.15) is 4.88 Å². The predicted molar refractivity (Wildman–Crippen MR) is 89.5 cm³/mol. The van der Waals surface area contributed by atoms with Crippen molar-refractivity contribution < 1.29 is 14.7 Å². The SMILES string of the molecule is CC1(C)C[C@@H]1C(=O)N1CC2(CN(C(=O)c3cncs3)C[C@H]2CO)C1. The minimum Gasteiger partial charge on any atom is -0.396 e. The van der Waals surface area contributed by atoms with Crippen molar-refractivity contribution in [1.82, 2.24) is 14.8 Å². The van der Waals surface area contributed by atoms with Crippen LogP contribution >= 0.6 is 11.3 Å². The van der Waals surface area contributed by atoms with Crippen LogP contribution in [0.15, 0.2) is 11.7 Å². The highest BCUT2D eigenvalue weighted by atomic mass is 32.1. The highest BCUT2D eigenvalue weighted by molar-refractivity contribution is 7.11. The lowest BCUT2D eigenvalue weighted by molar-refractivity contribution is -0.148. The second-order valence-corrected chi connectivity index (χ2v) is 9.12. The number of likely N-dealkylation sites (tertiary alicyclic amines) is 2. The van der Waals surface area contributed by atoms with Crippen LogP contribution in [0.3, 0.4) is 0 Å². The number of carbonyl (C=O) groups excluding carboxylic acids is 2. The van der Waals surface area contributed by atoms with Crippen LogP contribution in [0.4, 0.5) is 0 Å². The number of aliphatic hydroxyl groups excluding tert-OH is 1. The molecular weight excluding hydrogens is 326 g/mol. The summed E-state index contributed by atoms with van der Waals surface area (Å²) in [5.74, 6) is 0.430. The van der Waals surface area contributed by atoms with Gasteiger partial charge in [0.25, 0.3) is 5.91 Å². The molecule has 1 aliphatic carbocycles. The van der Waals surface area contributed by atoms with Crippen LogP contribution < -0.4 is 0 Å². The predicted octanol–water partition coefficient (Wildman–Crippen LogP) is 1.08. The molecule has 0 unspecified atom stereocenters. The topological polar surface area (TPSA) is 73.7 Å². The van der Waals surface area contributed by atoms with Crippen LogP contribution in [0, 0.1) is 22.7 Å². The molecule has 3 fully saturated rings. The molecule has 24 heavy (non-hydrogen) atoms. The molecule has 7 heteroatoms. The first-order valence-electron chi connectivity index (χ1n) is 8.44. The number of thiazole rings is 1. The molecule has 1 aromatic rings. The summed E-state index contributed by atoms with van der Waals surface area (Å²) in [4.78, 5) is 33.4. The first-order valence-corrected chi connectivity index (χ1v) is 9.32. The molecule has 130 valence electrons. The van der Waals surface area contributed by atoms with Crippen molar-refractivity contribution in [3.8, 4) is 0 Å². The smallest absolute Gasteiger partial charge is 0.265 e. The maximum atomic E-state index is 12.6. The summed E-state index contributed by atoms with van der Waals surface area (Å²) < 4.78 is 0. The highest BCUT2D eigenvalue weighted by Gasteiger charge is 2.60. The summed E-state index contributed by atoms with van der Waals surface area (Å²) in [6.07, 6.45) is 2.56. The van der Waals surface area contributed by atoms with Crippen LogP contribution in [0.5, 0.6) is 0 Å². The lowest BCUT2D eigenvalue weighted by Gasteiger charge is -2.50. The molecule has 0 bridgehead atoms. The Hall–Kier alpha value is -1.47. The van der Waals surface area contributed by atoms with Crippen LogP contribution in [-0.2, 0) is 4.79 Å². The van der Waals surface area contributed by atoms with Crippen molar-refractivity contribution in [2.75, 3.05) is 32.8 Å². The third kappa shape index (κ3) is 2.37. The average molecular weight is 349 g/mol. The Labute approximate surface area is 145 Å². The molecule has 4 rings (SSSR count). The van der Waals surface area contributed by atoms with Crippen molar-refractivity contribution in [3.63, 3.8) is 0 Å². The van der Waals surface area contributed by atoms with Crippen molar-refractivity contribution in [2.24, 2.45) is 22.7 Å². The molecule has 2 aliphatic heterocycles. The summed E-state index contributed by atoms with van der Waals surface area (Å²) in [6, 6.07) is 0. The second kappa shape index (κ2) is 5.26. The van der Waals surface area contributed by atoms with Gasteiger partial charge in [-0.2, -0.15) is 0 Å². The fraction of sp³-hybridized carbons (Fsp3) is 0.706. The van der Waals surface area contributed by atoms with Gasteiger partial charge in [-0.3, -0.25) is 14.6 Å². The summed E-state index contributed by atoms with van der Waals surface area (Å²) in [6.45, 7) is 6.83. The summed E-state index contributed by atoms with van der Waals surface area (Å²) in [5, 5.41) is 9.78. The van der Waals surface area contributed by atoms with E-state index in [-0.39, 0.29) is 41.1 Å². The van der Waals surface area contributed by atoms with Crippen molar-refractivity contribution in [3.05, 3.63) is 16.6 Å². The van der Waals surface area contributed by atoms with E-state index < -0.39 is 0 Å². The molecule has 1 saturated carbocycles. The lowest BCUT2D eigenvalue weighted by atomic mass is 9.71. The molecule has 1 N–H and O–H groups in total. The molecule has 2 saturated heterocycles. The average Bonchev–Trinajstić information content (AvgIpc) is 2.94. The minimum atomic E-state index is -0.135. The largest absolute Gasteiger partial charge is 0.396 e. The molecular formula is C17H23N3O3S. The Morgan fingerprint density at radius 1 is 1.33 bits per heavy atom. The monoisotopic (exact) mass is 349 g/mol. The fourth-order valence-electron chi connectivity index (χ4n) is 4.25. The van der Waals surface area contributed by atoms with E-state index in [4.69, 9.17) is 0 Å². The summed E-state index contributed by atoms with van der Waals surface area (Å²) in [7, 11) is 0. The normalized spacial score (nSPS) is 29.6. The quantitative estimate of drug-likeness (QED) is 0.886. The van der Waals surface area contributed by atoms with E-state index in [0.29, 0.717) is 31.1 Å². The fourth-order valence-corrected chi connectivity index (χ4v) is 4.84. The van der Waals surface area contributed by atoms with Crippen molar-refractivity contribution in [1.29, 1.82) is 0 Å². The van der Waals surface area contributed by atoms with Crippen molar-refractivity contribution >= 4 is 23.2 Å². The molecule has 1 spiro atoms. The van der Waals surface area contributed by atoms with Gasteiger partial charge in [-0.15, -0.1) is 11.3 Å². The Balaban J connectivity index is 1.43. The van der Waals surface area contributed by atoms with Gasteiger partial charge in [-0.1, -0.05) is 13.8 Å². The molecule has 1 aromatic heterocycles. The van der Waals surface area contributed by atoms with Gasteiger partial charge in [0.05, 0.1) is 11.7 Å². The van der Waals surface area contributed by atoms with E-state index >= 15 is 0 Å². The van der Waals surface area contributed by atoms with Gasteiger partial charge in [0.2, 0.25) is 5.91 Å². The van der Waals surface area contributed by atoms with Gasteiger partial charge >= 0.3 is 0 Å². The van der Waals surface area contributed by atoms with Gasteiger partial charge in [-0.05, 0) is 11.8 Å². The van der Waals surface area contributed by atoms with Gasteiger partial charge < -0.3 is 14.9 Å². The number of rotatable bonds is 3. The van der Waals surface area contributed by atoms with Crippen LogP contribution in [-0.4, -0.2) is 64.5 Å². The molecule has 0 radical (unpaired) electrons. The molecule has 2 amide bonds. The Morgan fingerprint density at radius 2 is 2.00 bits per heavy atom. The molecule has 3 aliphatic rings. The number of hydrogen-bond acceptors (Lipinski definition) is 5. The van der Waals surface area contributed by atoms with Crippen LogP contribution in [0.2, 0.25) is 0 Å². The van der Waals surface area contributed by atoms with Crippen LogP contribution in [0.25, 0.3) is 0 Å². The summed E-state index contributed by atoms with van der Waals surface area (Å²) >= 11 is 1.34. The Kier molecular flexibility index (Phi) is 3.51. The first kappa shape index (κ1) is 16.0. The van der Waals surface area contributed by atoms with E-state index in [0.717, 1.165) is 6.42 Å². The maximum Gasteiger partial charge on any atom is 0.265 e. The van der Waals surface area contributed by atoms with Gasteiger partial charge in [0, 0.05) is 50.0 Å². The lowest BCUT2D eigenvalue weighted by Crippen LogP contribution is -2.63. The molecule has 0 aromatic carbocycles. The maximum absolute atomic E-state index is 12.6. The van der Waals surface area contributed by atoms with E-state index in [1.807, 2.05) is 9.80 Å². The van der Waals surface area contributed by atoms with Gasteiger partial charge in [0.15, 0.2) is 0 Å². The van der Waals surface area contributed by atoms with Gasteiger partial charge in [-0.25, -0.2) is 0 Å². The standard InChI is InChI=1S/C17H23N3O3S/c1-16(2)3-12(16)14(22)20-8-17(9-20)7-19(5-11(17)6-21)15(23)13-4-18-10-24-13/h4,10-12,21H,3,5-9H2,1-2H3/t11-,12+/m0/s1. The zero-order valence-electron chi connectivity index (χ0n) is 14.1. The third-order valence-electron chi connectivity index (χ3n) is 6.10. The third-order valence-corrected chi connectivity index (χ3v) is 6.86. The zero-order chi connectivity index (χ0) is 17.1. The summed E-state index contributed by atoms with van der Waals surface area (Å²) in [5.41, 5.74) is 1.66. The Bertz CT molecular complexity index is 667. The van der Waals surface area contributed by atoms with E-state index in [1.54, 1.807) is 11.7 Å². The second-order valence-electron chi connectivity index (χ2n) is 8.23. The Morgan fingerprint density at radius 3 is 2.54 bits per heavy atom. The number of aromatic nitrogens is 1.